The van der Waals surface area contributed by atoms with Crippen molar-refractivity contribution in [1.29, 1.82) is 0 Å². The molecular formula is C11H10ClF3N4S. The lowest BCUT2D eigenvalue weighted by Crippen LogP contribution is -2.21. The number of nitrogens with two attached hydrogens (primary N) is 1. The highest BCUT2D eigenvalue weighted by atomic mass is 35.5. The van der Waals surface area contributed by atoms with Crippen LogP contribution >= 0.6 is 23.4 Å². The van der Waals surface area contributed by atoms with Crippen molar-refractivity contribution in [3.05, 3.63) is 40.7 Å². The first-order chi connectivity index (χ1) is 9.30. The predicted molar refractivity (Wildman–Crippen MR) is 70.9 cm³/mol. The van der Waals surface area contributed by atoms with Gasteiger partial charge in [0.2, 0.25) is 5.16 Å². The van der Waals surface area contributed by atoms with Gasteiger partial charge in [-0.15, -0.1) is 10.2 Å². The molecule has 20 heavy (non-hydrogen) atoms. The Balaban J connectivity index is 2.23. The third-order valence-corrected chi connectivity index (χ3v) is 3.98. The highest BCUT2D eigenvalue weighted by molar-refractivity contribution is 7.99. The summed E-state index contributed by atoms with van der Waals surface area (Å²) in [6.45, 7) is 1.80. The molecule has 0 bridgehead atoms. The normalized spacial score (nSPS) is 13.4. The first-order valence-electron chi connectivity index (χ1n) is 5.49. The average Bonchev–Trinajstić information content (AvgIpc) is 2.71. The minimum Gasteiger partial charge on any atom is -0.335 e. The van der Waals surface area contributed by atoms with Gasteiger partial charge >= 0.3 is 6.18 Å². The number of nitrogens with zero attached hydrogens (tertiary/aromatic N) is 3. The lowest BCUT2D eigenvalue weighted by molar-refractivity contribution is -0.146. The summed E-state index contributed by atoms with van der Waals surface area (Å²) in [5, 5.41) is 6.83. The zero-order chi connectivity index (χ0) is 14.9. The molecule has 2 N–H and O–H groups in total. The number of thioether (sulfide) groups is 1. The van der Waals surface area contributed by atoms with E-state index in [2.05, 4.69) is 10.2 Å². The summed E-state index contributed by atoms with van der Waals surface area (Å²) >= 11 is 7.09. The van der Waals surface area contributed by atoms with Crippen molar-refractivity contribution in [2.75, 3.05) is 5.84 Å². The van der Waals surface area contributed by atoms with Crippen LogP contribution in [0.15, 0.2) is 29.4 Å². The molecule has 2 rings (SSSR count). The van der Waals surface area contributed by atoms with Crippen LogP contribution in [0.2, 0.25) is 5.02 Å². The third kappa shape index (κ3) is 3.01. The van der Waals surface area contributed by atoms with Gasteiger partial charge in [-0.05, 0) is 18.6 Å². The molecule has 0 spiro atoms. The van der Waals surface area contributed by atoms with Gasteiger partial charge in [-0.3, -0.25) is 0 Å². The molecule has 1 heterocycles. The van der Waals surface area contributed by atoms with Crippen molar-refractivity contribution in [2.45, 2.75) is 23.5 Å². The summed E-state index contributed by atoms with van der Waals surface area (Å²) in [6.07, 6.45) is -4.63. The highest BCUT2D eigenvalue weighted by Crippen LogP contribution is 2.38. The SMILES string of the molecule is C[C@H](Sc1nnc(C(F)(F)F)n1N)c1ccccc1Cl. The molecule has 1 atom stereocenters. The van der Waals surface area contributed by atoms with Crippen LogP contribution < -0.4 is 5.84 Å². The van der Waals surface area contributed by atoms with E-state index in [1.54, 1.807) is 31.2 Å². The monoisotopic (exact) mass is 322 g/mol. The van der Waals surface area contributed by atoms with Crippen LogP contribution in [0.1, 0.15) is 23.6 Å². The minimum absolute atomic E-state index is 0.0234. The Hall–Kier alpha value is -1.41. The van der Waals surface area contributed by atoms with E-state index in [0.29, 0.717) is 9.70 Å². The van der Waals surface area contributed by atoms with Crippen molar-refractivity contribution in [3.8, 4) is 0 Å². The third-order valence-electron chi connectivity index (χ3n) is 2.54. The number of nitrogen functional groups attached to an aromatic ring is 1. The number of rotatable bonds is 3. The molecule has 0 saturated heterocycles. The standard InChI is InChI=1S/C11H10ClF3N4S/c1-6(7-4-2-3-5-8(7)12)20-10-18-17-9(19(10)16)11(13,14)15/h2-6H,16H2,1H3/t6-/m0/s1. The molecule has 0 aliphatic carbocycles. The topological polar surface area (TPSA) is 56.7 Å². The van der Waals surface area contributed by atoms with E-state index in [-0.39, 0.29) is 10.4 Å². The van der Waals surface area contributed by atoms with Gasteiger partial charge in [-0.25, -0.2) is 4.68 Å². The maximum Gasteiger partial charge on any atom is 0.453 e. The fourth-order valence-corrected chi connectivity index (χ4v) is 2.88. The molecule has 0 fully saturated rings. The van der Waals surface area contributed by atoms with E-state index in [1.165, 1.54) is 0 Å². The van der Waals surface area contributed by atoms with Gasteiger partial charge in [0.25, 0.3) is 5.82 Å². The van der Waals surface area contributed by atoms with Crippen LogP contribution in [0.5, 0.6) is 0 Å². The molecule has 0 amide bonds. The molecule has 4 nitrogen and oxygen atoms in total. The summed E-state index contributed by atoms with van der Waals surface area (Å²) in [5.74, 6) is 4.14. The number of halogens is 4. The van der Waals surface area contributed by atoms with Gasteiger partial charge in [-0.2, -0.15) is 13.2 Å². The molecular weight excluding hydrogens is 313 g/mol. The summed E-state index contributed by atoms with van der Waals surface area (Å²) in [7, 11) is 0. The largest absolute Gasteiger partial charge is 0.453 e. The Morgan fingerprint density at radius 3 is 2.50 bits per heavy atom. The highest BCUT2D eigenvalue weighted by Gasteiger charge is 2.38. The van der Waals surface area contributed by atoms with E-state index >= 15 is 0 Å². The summed E-state index contributed by atoms with van der Waals surface area (Å²) in [6, 6.07) is 7.08. The van der Waals surface area contributed by atoms with E-state index in [4.69, 9.17) is 17.4 Å². The van der Waals surface area contributed by atoms with Crippen LogP contribution in [-0.4, -0.2) is 14.9 Å². The van der Waals surface area contributed by atoms with Gasteiger partial charge < -0.3 is 5.84 Å². The summed E-state index contributed by atoms with van der Waals surface area (Å²) in [5.41, 5.74) is 0.788. The number of aromatic nitrogens is 3. The van der Waals surface area contributed by atoms with Crippen LogP contribution in [0.3, 0.4) is 0 Å². The number of benzene rings is 1. The molecule has 108 valence electrons. The Morgan fingerprint density at radius 2 is 1.95 bits per heavy atom. The van der Waals surface area contributed by atoms with Crippen molar-refractivity contribution < 1.29 is 13.2 Å². The molecule has 2 aromatic rings. The van der Waals surface area contributed by atoms with Crippen LogP contribution in [-0.2, 0) is 6.18 Å². The summed E-state index contributed by atoms with van der Waals surface area (Å²) in [4.78, 5) is 0. The van der Waals surface area contributed by atoms with Gasteiger partial charge in [0, 0.05) is 10.3 Å². The number of alkyl halides is 3. The Labute approximate surface area is 122 Å². The number of hydrogen-bond donors (Lipinski definition) is 1. The molecule has 0 saturated carbocycles. The first kappa shape index (κ1) is 15.0. The van der Waals surface area contributed by atoms with E-state index < -0.39 is 12.0 Å². The molecule has 0 aliphatic heterocycles. The van der Waals surface area contributed by atoms with Crippen molar-refractivity contribution in [1.82, 2.24) is 14.9 Å². The Kier molecular flexibility index (Phi) is 4.14. The van der Waals surface area contributed by atoms with Gasteiger partial charge in [0.05, 0.1) is 0 Å². The van der Waals surface area contributed by atoms with Crippen molar-refractivity contribution in [3.63, 3.8) is 0 Å². The molecule has 0 aliphatic rings. The zero-order valence-corrected chi connectivity index (χ0v) is 11.8. The Bertz CT molecular complexity index is 614. The maximum absolute atomic E-state index is 12.6. The number of hydrogen-bond acceptors (Lipinski definition) is 4. The minimum atomic E-state index is -4.63. The molecule has 9 heteroatoms. The van der Waals surface area contributed by atoms with Crippen LogP contribution in [0.4, 0.5) is 13.2 Å². The second-order valence-corrected chi connectivity index (χ2v) is 5.67. The van der Waals surface area contributed by atoms with E-state index in [0.717, 1.165) is 17.3 Å². The molecule has 1 aromatic heterocycles. The van der Waals surface area contributed by atoms with Crippen molar-refractivity contribution >= 4 is 23.4 Å². The quantitative estimate of drug-likeness (QED) is 0.694. The smallest absolute Gasteiger partial charge is 0.335 e. The Morgan fingerprint density at radius 1 is 1.30 bits per heavy atom. The average molecular weight is 323 g/mol. The van der Waals surface area contributed by atoms with Crippen LogP contribution in [0.25, 0.3) is 0 Å². The maximum atomic E-state index is 12.6. The summed E-state index contributed by atoms with van der Waals surface area (Å²) < 4.78 is 38.1. The second-order valence-electron chi connectivity index (χ2n) is 3.96. The van der Waals surface area contributed by atoms with Gasteiger partial charge in [-0.1, -0.05) is 41.6 Å². The molecule has 1 aromatic carbocycles. The van der Waals surface area contributed by atoms with E-state index in [9.17, 15) is 13.2 Å². The van der Waals surface area contributed by atoms with E-state index in [1.807, 2.05) is 0 Å². The lowest BCUT2D eigenvalue weighted by atomic mass is 10.2. The zero-order valence-electron chi connectivity index (χ0n) is 10.2. The van der Waals surface area contributed by atoms with Gasteiger partial charge in [0.1, 0.15) is 0 Å². The lowest BCUT2D eigenvalue weighted by Gasteiger charge is -2.12. The van der Waals surface area contributed by atoms with Gasteiger partial charge in [0.15, 0.2) is 0 Å². The van der Waals surface area contributed by atoms with Crippen molar-refractivity contribution in [2.24, 2.45) is 0 Å². The van der Waals surface area contributed by atoms with Crippen LogP contribution in [0, 0.1) is 0 Å². The predicted octanol–water partition coefficient (Wildman–Crippen LogP) is 3.52. The second kappa shape index (κ2) is 5.53. The fourth-order valence-electron chi connectivity index (χ4n) is 1.58. The fraction of sp³-hybridized carbons (Fsp3) is 0.273. The molecule has 0 radical (unpaired) electrons. The first-order valence-corrected chi connectivity index (χ1v) is 6.75. The molecule has 0 unspecified atom stereocenters.